The van der Waals surface area contributed by atoms with Gasteiger partial charge in [0, 0.05) is 6.04 Å². The van der Waals surface area contributed by atoms with E-state index in [9.17, 15) is 9.59 Å². The number of amides is 2. The molecule has 22 heavy (non-hydrogen) atoms. The van der Waals surface area contributed by atoms with E-state index in [1.807, 2.05) is 17.5 Å². The van der Waals surface area contributed by atoms with Crippen LogP contribution in [0.2, 0.25) is 0 Å². The molecule has 0 spiro atoms. The summed E-state index contributed by atoms with van der Waals surface area (Å²) in [6.07, 6.45) is 8.30. The largest absolute Gasteiger partial charge is 0.352 e. The molecule has 0 saturated heterocycles. The number of aliphatic imine (C=N–C) groups is 1. The molecule has 114 valence electrons. The maximum Gasteiger partial charge on any atom is 0.262 e. The smallest absolute Gasteiger partial charge is 0.262 e. The molecule has 4 nitrogen and oxygen atoms in total. The molecule has 2 aliphatic carbocycles. The molecule has 1 unspecified atom stereocenters. The van der Waals surface area contributed by atoms with Gasteiger partial charge in [0.15, 0.2) is 0 Å². The number of nitrogens with zero attached hydrogens (tertiary/aromatic N) is 1. The van der Waals surface area contributed by atoms with Crippen molar-refractivity contribution in [3.63, 3.8) is 0 Å². The summed E-state index contributed by atoms with van der Waals surface area (Å²) >= 11 is 1.54. The second kappa shape index (κ2) is 5.47. The predicted molar refractivity (Wildman–Crippen MR) is 85.9 cm³/mol. The number of rotatable bonds is 5. The molecule has 1 atom stereocenters. The van der Waals surface area contributed by atoms with E-state index in [0.29, 0.717) is 17.5 Å². The van der Waals surface area contributed by atoms with E-state index in [1.54, 1.807) is 23.5 Å². The molecule has 3 aliphatic rings. The number of dihydropyridines is 1. The number of thiophene rings is 1. The second-order valence-corrected chi connectivity index (χ2v) is 7.31. The molecule has 1 N–H and O–H groups in total. The molecule has 1 aromatic rings. The standard InChI is InChI=1S/C17H18N2O2S/c20-16-12(7-8-13(18-16)14-2-1-9-22-14)17(21)19-15(10-3-4-10)11-5-6-11/h1-2,7-12,15H,3-6H2,(H,19,21). The van der Waals surface area contributed by atoms with Crippen LogP contribution in [0.4, 0.5) is 0 Å². The lowest BCUT2D eigenvalue weighted by Crippen LogP contribution is -2.43. The molecule has 5 heteroatoms. The van der Waals surface area contributed by atoms with Crippen molar-refractivity contribution in [2.45, 2.75) is 31.7 Å². The van der Waals surface area contributed by atoms with Crippen LogP contribution in [0.3, 0.4) is 0 Å². The van der Waals surface area contributed by atoms with Crippen molar-refractivity contribution >= 4 is 28.9 Å². The van der Waals surface area contributed by atoms with Crippen LogP contribution in [0, 0.1) is 17.8 Å². The van der Waals surface area contributed by atoms with Crippen LogP contribution in [0.1, 0.15) is 30.6 Å². The van der Waals surface area contributed by atoms with Gasteiger partial charge < -0.3 is 5.32 Å². The maximum absolute atomic E-state index is 12.4. The first-order chi connectivity index (χ1) is 10.7. The van der Waals surface area contributed by atoms with Crippen LogP contribution in [-0.2, 0) is 9.59 Å². The summed E-state index contributed by atoms with van der Waals surface area (Å²) in [6, 6.07) is 4.13. The van der Waals surface area contributed by atoms with Crippen LogP contribution >= 0.6 is 11.3 Å². The lowest BCUT2D eigenvalue weighted by molar-refractivity contribution is -0.132. The van der Waals surface area contributed by atoms with Crippen LogP contribution in [0.25, 0.3) is 0 Å². The Hall–Kier alpha value is -1.75. The van der Waals surface area contributed by atoms with Crippen LogP contribution in [-0.4, -0.2) is 23.6 Å². The highest BCUT2D eigenvalue weighted by Gasteiger charge is 2.43. The minimum atomic E-state index is -0.760. The molecule has 0 radical (unpaired) electrons. The Morgan fingerprint density at radius 3 is 2.55 bits per heavy atom. The van der Waals surface area contributed by atoms with Gasteiger partial charge >= 0.3 is 0 Å². The highest BCUT2D eigenvalue weighted by Crippen LogP contribution is 2.44. The lowest BCUT2D eigenvalue weighted by Gasteiger charge is -2.21. The fraction of sp³-hybridized carbons (Fsp3) is 0.471. The van der Waals surface area contributed by atoms with Crippen molar-refractivity contribution in [2.75, 3.05) is 0 Å². The zero-order valence-electron chi connectivity index (χ0n) is 12.2. The van der Waals surface area contributed by atoms with Crippen molar-refractivity contribution in [2.24, 2.45) is 22.7 Å². The molecular weight excluding hydrogens is 296 g/mol. The lowest BCUT2D eigenvalue weighted by atomic mass is 10.0. The fourth-order valence-electron chi connectivity index (χ4n) is 3.04. The number of allylic oxidation sites excluding steroid dienone is 1. The highest BCUT2D eigenvalue weighted by atomic mass is 32.1. The summed E-state index contributed by atoms with van der Waals surface area (Å²) in [5.41, 5.74) is 0.657. The third-order valence-corrected chi connectivity index (χ3v) is 5.46. The number of hydrogen-bond acceptors (Lipinski definition) is 3. The Morgan fingerprint density at radius 2 is 2.00 bits per heavy atom. The minimum Gasteiger partial charge on any atom is -0.352 e. The summed E-state index contributed by atoms with van der Waals surface area (Å²) in [5, 5.41) is 5.06. The summed E-state index contributed by atoms with van der Waals surface area (Å²) in [7, 11) is 0. The SMILES string of the molecule is O=C1N=C(c2cccs2)C=CC1C(=O)NC(C1CC1)C1CC1. The Bertz CT molecular complexity index is 642. The Kier molecular flexibility index (Phi) is 3.45. The Morgan fingerprint density at radius 1 is 1.27 bits per heavy atom. The average molecular weight is 314 g/mol. The first-order valence-corrected chi connectivity index (χ1v) is 8.75. The number of carbonyl (C=O) groups is 2. The van der Waals surface area contributed by atoms with Gasteiger partial charge in [-0.3, -0.25) is 9.59 Å². The van der Waals surface area contributed by atoms with Gasteiger partial charge in [-0.15, -0.1) is 11.3 Å². The zero-order chi connectivity index (χ0) is 15.1. The van der Waals surface area contributed by atoms with Crippen molar-refractivity contribution in [1.29, 1.82) is 0 Å². The average Bonchev–Trinajstić information content (AvgIpc) is 3.44. The van der Waals surface area contributed by atoms with E-state index in [1.165, 1.54) is 25.7 Å². The molecule has 2 fully saturated rings. The molecule has 1 aliphatic heterocycles. The van der Waals surface area contributed by atoms with E-state index in [-0.39, 0.29) is 17.9 Å². The monoisotopic (exact) mass is 314 g/mol. The Balaban J connectivity index is 1.44. The number of carbonyl (C=O) groups excluding carboxylic acids is 2. The highest BCUT2D eigenvalue weighted by molar-refractivity contribution is 7.12. The maximum atomic E-state index is 12.4. The Labute approximate surface area is 133 Å². The van der Waals surface area contributed by atoms with Crippen molar-refractivity contribution < 1.29 is 9.59 Å². The molecule has 2 heterocycles. The molecule has 4 rings (SSSR count). The normalized spacial score (nSPS) is 24.5. The molecule has 0 aromatic carbocycles. The fourth-order valence-corrected chi connectivity index (χ4v) is 3.74. The summed E-state index contributed by atoms with van der Waals surface area (Å²) in [5.74, 6) is -0.0370. The third-order valence-electron chi connectivity index (χ3n) is 4.57. The second-order valence-electron chi connectivity index (χ2n) is 6.36. The number of hydrogen-bond donors (Lipinski definition) is 1. The number of nitrogens with one attached hydrogen (secondary N) is 1. The van der Waals surface area contributed by atoms with E-state index in [0.717, 1.165) is 4.88 Å². The van der Waals surface area contributed by atoms with Gasteiger partial charge in [-0.25, -0.2) is 4.99 Å². The molecule has 0 bridgehead atoms. The summed E-state index contributed by atoms with van der Waals surface area (Å²) in [6.45, 7) is 0. The van der Waals surface area contributed by atoms with Gasteiger partial charge in [0.2, 0.25) is 5.91 Å². The molecule has 2 saturated carbocycles. The van der Waals surface area contributed by atoms with Crippen molar-refractivity contribution in [3.05, 3.63) is 34.5 Å². The van der Waals surface area contributed by atoms with Gasteiger partial charge in [0.05, 0.1) is 10.6 Å². The van der Waals surface area contributed by atoms with E-state index < -0.39 is 5.92 Å². The zero-order valence-corrected chi connectivity index (χ0v) is 13.0. The van der Waals surface area contributed by atoms with Crippen molar-refractivity contribution in [1.82, 2.24) is 5.32 Å². The molecule has 2 amide bonds. The summed E-state index contributed by atoms with van der Waals surface area (Å²) in [4.78, 5) is 29.7. The minimum absolute atomic E-state index is 0.181. The van der Waals surface area contributed by atoms with Gasteiger partial charge in [0.1, 0.15) is 5.92 Å². The van der Waals surface area contributed by atoms with Gasteiger partial charge in [-0.05, 0) is 55.0 Å². The van der Waals surface area contributed by atoms with Gasteiger partial charge in [0.25, 0.3) is 5.91 Å². The topological polar surface area (TPSA) is 58.5 Å². The van der Waals surface area contributed by atoms with E-state index in [2.05, 4.69) is 10.3 Å². The quantitative estimate of drug-likeness (QED) is 0.849. The van der Waals surface area contributed by atoms with Gasteiger partial charge in [-0.1, -0.05) is 12.1 Å². The van der Waals surface area contributed by atoms with Crippen molar-refractivity contribution in [3.8, 4) is 0 Å². The van der Waals surface area contributed by atoms with E-state index in [4.69, 9.17) is 0 Å². The van der Waals surface area contributed by atoms with E-state index >= 15 is 0 Å². The van der Waals surface area contributed by atoms with Crippen LogP contribution < -0.4 is 5.32 Å². The first kappa shape index (κ1) is 13.9. The van der Waals surface area contributed by atoms with Crippen LogP contribution in [0.5, 0.6) is 0 Å². The first-order valence-electron chi connectivity index (χ1n) is 7.87. The predicted octanol–water partition coefficient (Wildman–Crippen LogP) is 2.55. The molecular formula is C17H18N2O2S. The summed E-state index contributed by atoms with van der Waals surface area (Å²) < 4.78 is 0. The van der Waals surface area contributed by atoms with Crippen LogP contribution in [0.15, 0.2) is 34.7 Å². The van der Waals surface area contributed by atoms with Gasteiger partial charge in [-0.2, -0.15) is 0 Å². The molecule has 1 aromatic heterocycles. The third kappa shape index (κ3) is 2.77.